The molecular formula is C23H26N2O3. The monoisotopic (exact) mass is 378 g/mol. The second kappa shape index (κ2) is 6.97. The zero-order valence-electron chi connectivity index (χ0n) is 16.6. The molecule has 0 spiro atoms. The average Bonchev–Trinajstić information content (AvgIpc) is 3.40. The van der Waals surface area contributed by atoms with Gasteiger partial charge < -0.3 is 15.0 Å². The molecule has 2 aliphatic rings. The minimum absolute atomic E-state index is 0.0719. The van der Waals surface area contributed by atoms with Crippen LogP contribution in [0.4, 0.5) is 11.4 Å². The number of carbonyl (C=O) groups is 2. The quantitative estimate of drug-likeness (QED) is 0.795. The molecule has 1 atom stereocenters. The summed E-state index contributed by atoms with van der Waals surface area (Å²) in [5, 5.41) is 2.93. The van der Waals surface area contributed by atoms with Gasteiger partial charge in [0.2, 0.25) is 11.8 Å². The van der Waals surface area contributed by atoms with Crippen molar-refractivity contribution < 1.29 is 14.3 Å². The van der Waals surface area contributed by atoms with Crippen LogP contribution in [0, 0.1) is 5.41 Å². The van der Waals surface area contributed by atoms with E-state index in [9.17, 15) is 9.59 Å². The minimum Gasteiger partial charge on any atom is -0.491 e. The van der Waals surface area contributed by atoms with E-state index in [0.717, 1.165) is 17.9 Å². The summed E-state index contributed by atoms with van der Waals surface area (Å²) in [4.78, 5) is 28.2. The summed E-state index contributed by atoms with van der Waals surface area (Å²) in [6, 6.07) is 15.3. The molecule has 1 fully saturated rings. The van der Waals surface area contributed by atoms with E-state index in [0.29, 0.717) is 18.5 Å². The number of hydrogen-bond acceptors (Lipinski definition) is 3. The number of fused-ring (bicyclic) bond motifs is 1. The standard InChI is InChI=1S/C23H26N2O3/c1-15(2)28-19-10-8-18(9-11-19)24-21(26)23(12-13-23)22(27)25-16(3)14-17-6-4-5-7-20(17)25/h4-11,15-16H,12-14H2,1-3H3,(H,24,26). The summed E-state index contributed by atoms with van der Waals surface area (Å²) in [7, 11) is 0. The van der Waals surface area contributed by atoms with Crippen molar-refractivity contribution in [3.63, 3.8) is 0 Å². The van der Waals surface area contributed by atoms with Crippen LogP contribution in [0.25, 0.3) is 0 Å². The van der Waals surface area contributed by atoms with Gasteiger partial charge in [-0.15, -0.1) is 0 Å². The second-order valence-corrected chi connectivity index (χ2v) is 8.08. The van der Waals surface area contributed by atoms with E-state index in [-0.39, 0.29) is 24.0 Å². The zero-order valence-corrected chi connectivity index (χ0v) is 16.6. The van der Waals surface area contributed by atoms with Crippen molar-refractivity contribution in [1.82, 2.24) is 0 Å². The molecule has 1 unspecified atom stereocenters. The Morgan fingerprint density at radius 3 is 2.43 bits per heavy atom. The van der Waals surface area contributed by atoms with Crippen molar-refractivity contribution >= 4 is 23.2 Å². The highest BCUT2D eigenvalue weighted by Gasteiger charge is 2.59. The van der Waals surface area contributed by atoms with Crippen LogP contribution in [-0.4, -0.2) is 24.0 Å². The lowest BCUT2D eigenvalue weighted by molar-refractivity contribution is -0.132. The molecule has 146 valence electrons. The SMILES string of the molecule is CC(C)Oc1ccc(NC(=O)C2(C(=O)N3c4ccccc4CC3C)CC2)cc1. The molecular weight excluding hydrogens is 352 g/mol. The second-order valence-electron chi connectivity index (χ2n) is 8.08. The summed E-state index contributed by atoms with van der Waals surface area (Å²) in [5.74, 6) is 0.460. The number of amides is 2. The van der Waals surface area contributed by atoms with E-state index in [2.05, 4.69) is 11.4 Å². The Labute approximate surface area is 165 Å². The Hall–Kier alpha value is -2.82. The van der Waals surface area contributed by atoms with Crippen LogP contribution < -0.4 is 15.0 Å². The Morgan fingerprint density at radius 2 is 1.79 bits per heavy atom. The topological polar surface area (TPSA) is 58.6 Å². The van der Waals surface area contributed by atoms with Crippen LogP contribution in [0.1, 0.15) is 39.2 Å². The lowest BCUT2D eigenvalue weighted by Gasteiger charge is -2.27. The number of hydrogen-bond donors (Lipinski definition) is 1. The summed E-state index contributed by atoms with van der Waals surface area (Å²) in [5.41, 5.74) is 1.84. The first-order valence-corrected chi connectivity index (χ1v) is 9.90. The number of nitrogens with zero attached hydrogens (tertiary/aromatic N) is 1. The van der Waals surface area contributed by atoms with Gasteiger partial charge in [-0.05, 0) is 75.9 Å². The molecule has 0 saturated heterocycles. The molecule has 4 rings (SSSR count). The third-order valence-electron chi connectivity index (χ3n) is 5.50. The van der Waals surface area contributed by atoms with E-state index in [4.69, 9.17) is 4.74 Å². The van der Waals surface area contributed by atoms with E-state index in [1.165, 1.54) is 5.56 Å². The van der Waals surface area contributed by atoms with Gasteiger partial charge in [-0.3, -0.25) is 9.59 Å². The van der Waals surface area contributed by atoms with Crippen LogP contribution in [0.15, 0.2) is 48.5 Å². The van der Waals surface area contributed by atoms with Gasteiger partial charge in [0, 0.05) is 17.4 Å². The average molecular weight is 378 g/mol. The lowest BCUT2D eigenvalue weighted by atomic mass is 10.0. The Kier molecular flexibility index (Phi) is 4.61. The highest BCUT2D eigenvalue weighted by molar-refractivity contribution is 6.18. The van der Waals surface area contributed by atoms with Gasteiger partial charge >= 0.3 is 0 Å². The van der Waals surface area contributed by atoms with Crippen LogP contribution in [-0.2, 0) is 16.0 Å². The van der Waals surface area contributed by atoms with Crippen LogP contribution in [0.2, 0.25) is 0 Å². The molecule has 1 N–H and O–H groups in total. The minimum atomic E-state index is -0.946. The molecule has 1 aliphatic heterocycles. The molecule has 1 saturated carbocycles. The van der Waals surface area contributed by atoms with Gasteiger partial charge in [0.15, 0.2) is 0 Å². The fourth-order valence-electron chi connectivity index (χ4n) is 3.91. The van der Waals surface area contributed by atoms with Crippen LogP contribution >= 0.6 is 0 Å². The molecule has 5 nitrogen and oxygen atoms in total. The molecule has 0 aromatic heterocycles. The Balaban J connectivity index is 1.49. The van der Waals surface area contributed by atoms with Gasteiger partial charge in [0.1, 0.15) is 11.2 Å². The summed E-state index contributed by atoms with van der Waals surface area (Å²) in [6.45, 7) is 5.98. The van der Waals surface area contributed by atoms with Crippen molar-refractivity contribution in [2.75, 3.05) is 10.2 Å². The number of ether oxygens (including phenoxy) is 1. The van der Waals surface area contributed by atoms with E-state index in [1.54, 1.807) is 0 Å². The first-order chi connectivity index (χ1) is 13.4. The normalized spacial score (nSPS) is 19.3. The number of carbonyl (C=O) groups excluding carboxylic acids is 2. The largest absolute Gasteiger partial charge is 0.491 e. The maximum atomic E-state index is 13.4. The van der Waals surface area contributed by atoms with Gasteiger partial charge in [0.25, 0.3) is 0 Å². The maximum Gasteiger partial charge on any atom is 0.242 e. The molecule has 2 aromatic rings. The van der Waals surface area contributed by atoms with E-state index in [1.807, 2.05) is 68.1 Å². The van der Waals surface area contributed by atoms with Gasteiger partial charge in [-0.25, -0.2) is 0 Å². The summed E-state index contributed by atoms with van der Waals surface area (Å²) >= 11 is 0. The van der Waals surface area contributed by atoms with Crippen molar-refractivity contribution in [3.8, 4) is 5.75 Å². The Bertz CT molecular complexity index is 900. The van der Waals surface area contributed by atoms with Crippen molar-refractivity contribution in [1.29, 1.82) is 0 Å². The van der Waals surface area contributed by atoms with Gasteiger partial charge in [-0.1, -0.05) is 18.2 Å². The molecule has 28 heavy (non-hydrogen) atoms. The number of para-hydroxylation sites is 1. The molecule has 5 heteroatoms. The van der Waals surface area contributed by atoms with E-state index >= 15 is 0 Å². The van der Waals surface area contributed by atoms with Crippen LogP contribution in [0.5, 0.6) is 5.75 Å². The van der Waals surface area contributed by atoms with Gasteiger partial charge in [0.05, 0.1) is 6.10 Å². The zero-order chi connectivity index (χ0) is 19.9. The fraction of sp³-hybridized carbons (Fsp3) is 0.391. The number of benzene rings is 2. The third kappa shape index (κ3) is 3.26. The number of nitrogens with one attached hydrogen (secondary N) is 1. The number of rotatable bonds is 5. The van der Waals surface area contributed by atoms with Crippen LogP contribution in [0.3, 0.4) is 0 Å². The fourth-order valence-corrected chi connectivity index (χ4v) is 3.91. The predicted molar refractivity (Wildman–Crippen MR) is 110 cm³/mol. The van der Waals surface area contributed by atoms with Crippen molar-refractivity contribution in [2.24, 2.45) is 5.41 Å². The molecule has 0 bridgehead atoms. The number of anilines is 2. The highest BCUT2D eigenvalue weighted by Crippen LogP contribution is 2.50. The first-order valence-electron chi connectivity index (χ1n) is 9.90. The molecule has 2 aromatic carbocycles. The summed E-state index contributed by atoms with van der Waals surface area (Å²) in [6.07, 6.45) is 2.12. The third-order valence-corrected chi connectivity index (χ3v) is 5.50. The van der Waals surface area contributed by atoms with Gasteiger partial charge in [-0.2, -0.15) is 0 Å². The molecule has 1 heterocycles. The highest BCUT2D eigenvalue weighted by atomic mass is 16.5. The molecule has 0 radical (unpaired) electrons. The van der Waals surface area contributed by atoms with Crippen molar-refractivity contribution in [3.05, 3.63) is 54.1 Å². The van der Waals surface area contributed by atoms with E-state index < -0.39 is 5.41 Å². The maximum absolute atomic E-state index is 13.4. The predicted octanol–water partition coefficient (Wildman–Crippen LogP) is 4.17. The molecule has 2 amide bonds. The van der Waals surface area contributed by atoms with Crippen molar-refractivity contribution in [2.45, 2.75) is 52.2 Å². The smallest absolute Gasteiger partial charge is 0.242 e. The lowest BCUT2D eigenvalue weighted by Crippen LogP contribution is -2.45. The Morgan fingerprint density at radius 1 is 1.11 bits per heavy atom. The first kappa shape index (κ1) is 18.5. The molecule has 1 aliphatic carbocycles. The summed E-state index contributed by atoms with van der Waals surface area (Å²) < 4.78 is 5.63.